The molecular formula is CH4NaO3P. The van der Waals surface area contributed by atoms with Crippen LogP contribution in [0.4, 0.5) is 4.79 Å². The van der Waals surface area contributed by atoms with Crippen LogP contribution < -0.4 is 39.8 Å². The van der Waals surface area contributed by atoms with Crippen molar-refractivity contribution in [2.24, 2.45) is 0 Å². The zero-order valence-corrected chi connectivity index (χ0v) is 7.72. The van der Waals surface area contributed by atoms with E-state index in [0.717, 1.165) is 0 Å². The van der Waals surface area contributed by atoms with Crippen LogP contribution in [0.15, 0.2) is 0 Å². The molecule has 0 amide bonds. The van der Waals surface area contributed by atoms with E-state index in [9.17, 15) is 0 Å². The molecule has 0 aliphatic heterocycles. The molecule has 0 radical (unpaired) electrons. The molecule has 0 aromatic carbocycles. The Morgan fingerprint density at radius 2 is 1.33 bits per heavy atom. The van der Waals surface area contributed by atoms with Gasteiger partial charge in [-0.1, -0.05) is 0 Å². The maximum absolute atomic E-state index is 8.33. The van der Waals surface area contributed by atoms with Gasteiger partial charge in [-0.15, -0.1) is 0 Å². The Kier molecular flexibility index (Phi) is 24.4. The van der Waals surface area contributed by atoms with Crippen LogP contribution >= 0.6 is 9.90 Å². The van der Waals surface area contributed by atoms with Gasteiger partial charge in [0.05, 0.1) is 0 Å². The van der Waals surface area contributed by atoms with E-state index >= 15 is 0 Å². The van der Waals surface area contributed by atoms with Crippen molar-refractivity contribution in [1.29, 1.82) is 0 Å². The summed E-state index contributed by atoms with van der Waals surface area (Å²) in [4.78, 5) is 8.33. The average Bonchev–Trinajstić information content (AvgIpc) is 0.811. The summed E-state index contributed by atoms with van der Waals surface area (Å²) >= 11 is 0. The Morgan fingerprint density at radius 1 is 1.33 bits per heavy atom. The van der Waals surface area contributed by atoms with Crippen molar-refractivity contribution < 1.29 is 44.6 Å². The smallest absolute Gasteiger partial charge is 0.652 e. The third kappa shape index (κ3) is 131. The molecule has 0 aliphatic rings. The van der Waals surface area contributed by atoms with Crippen LogP contribution in [0.25, 0.3) is 0 Å². The fourth-order valence-electron chi connectivity index (χ4n) is 0. The van der Waals surface area contributed by atoms with Gasteiger partial charge >= 0.3 is 29.6 Å². The van der Waals surface area contributed by atoms with Gasteiger partial charge < -0.3 is 15.0 Å². The minimum atomic E-state index is -2.33. The summed E-state index contributed by atoms with van der Waals surface area (Å²) in [7, 11) is 0. The van der Waals surface area contributed by atoms with Crippen molar-refractivity contribution in [2.45, 2.75) is 0 Å². The van der Waals surface area contributed by atoms with Gasteiger partial charge in [0.2, 0.25) is 0 Å². The summed E-state index contributed by atoms with van der Waals surface area (Å²) in [5.74, 6) is 0. The molecule has 0 aromatic rings. The van der Waals surface area contributed by atoms with Crippen LogP contribution in [0.1, 0.15) is 0 Å². The van der Waals surface area contributed by atoms with Gasteiger partial charge in [-0.05, 0) is 16.1 Å². The van der Waals surface area contributed by atoms with E-state index < -0.39 is 6.16 Å². The molecular weight excluding hydrogens is 114 g/mol. The number of rotatable bonds is 0. The molecule has 0 saturated heterocycles. The Labute approximate surface area is 60.7 Å². The first-order valence-corrected chi connectivity index (χ1v) is 0.612. The number of carbonyl (C=O) groups is 1. The molecule has 6 heavy (non-hydrogen) atoms. The average molecular weight is 118 g/mol. The van der Waals surface area contributed by atoms with E-state index in [-0.39, 0.29) is 39.5 Å². The molecule has 0 saturated carbocycles. The van der Waals surface area contributed by atoms with Gasteiger partial charge in [-0.2, -0.15) is 0 Å². The largest absolute Gasteiger partial charge is 1.00 e. The van der Waals surface area contributed by atoms with Crippen LogP contribution in [0.2, 0.25) is 0 Å². The first kappa shape index (κ1) is 15.9. The second-order valence-corrected chi connectivity index (χ2v) is 0.250. The summed E-state index contributed by atoms with van der Waals surface area (Å²) in [5, 5.41) is 16.7. The monoisotopic (exact) mass is 118 g/mol. The second kappa shape index (κ2) is 9.20. The molecule has 0 aliphatic carbocycles. The molecule has 0 bridgehead atoms. The van der Waals surface area contributed by atoms with Crippen molar-refractivity contribution >= 4 is 16.1 Å². The predicted octanol–water partition coefficient (Wildman–Crippen LogP) is -5.65. The molecule has 0 N–H and O–H groups in total. The summed E-state index contributed by atoms with van der Waals surface area (Å²) in [5.41, 5.74) is 0. The molecule has 5 heteroatoms. The van der Waals surface area contributed by atoms with Gasteiger partial charge in [0.15, 0.2) is 0 Å². The summed E-state index contributed by atoms with van der Waals surface area (Å²) in [6.07, 6.45) is -2.33. The van der Waals surface area contributed by atoms with Gasteiger partial charge in [-0.3, -0.25) is 0 Å². The first-order chi connectivity index (χ1) is 1.73. The minimum absolute atomic E-state index is 0. The SMILES string of the molecule is O=C([O-])[O-].[Na+].[PH4+]. The van der Waals surface area contributed by atoms with Gasteiger partial charge in [-0.25, -0.2) is 0 Å². The quantitative estimate of drug-likeness (QED) is 0.235. The van der Waals surface area contributed by atoms with E-state index in [0.29, 0.717) is 0 Å². The Morgan fingerprint density at radius 3 is 1.33 bits per heavy atom. The Balaban J connectivity index is -0.0000000450. The number of hydrogen-bond donors (Lipinski definition) is 0. The molecule has 0 fully saturated rings. The van der Waals surface area contributed by atoms with Crippen LogP contribution in [0, 0.1) is 0 Å². The minimum Gasteiger partial charge on any atom is -0.652 e. The van der Waals surface area contributed by atoms with Gasteiger partial charge in [0.1, 0.15) is 0 Å². The zero-order valence-electron chi connectivity index (χ0n) is 3.72. The maximum Gasteiger partial charge on any atom is 1.00 e. The van der Waals surface area contributed by atoms with Crippen LogP contribution in [-0.4, -0.2) is 6.16 Å². The van der Waals surface area contributed by atoms with E-state index in [1.165, 1.54) is 0 Å². The summed E-state index contributed by atoms with van der Waals surface area (Å²) in [6, 6.07) is 0. The maximum atomic E-state index is 8.33. The Bertz CT molecular complexity index is 33.8. The van der Waals surface area contributed by atoms with E-state index in [1.807, 2.05) is 0 Å². The van der Waals surface area contributed by atoms with E-state index in [1.54, 1.807) is 0 Å². The van der Waals surface area contributed by atoms with E-state index in [2.05, 4.69) is 0 Å². The van der Waals surface area contributed by atoms with Crippen molar-refractivity contribution in [3.8, 4) is 0 Å². The Hall–Kier alpha value is 0.700. The molecule has 3 nitrogen and oxygen atoms in total. The normalized spacial score (nSPS) is 4.00. The predicted molar refractivity (Wildman–Crippen MR) is 17.9 cm³/mol. The standard InChI is InChI=1S/CH2O3.Na.H3P/c2-1(3)4;;/h(H2,2,3,4);;1H3/q;+1;/p-1. The van der Waals surface area contributed by atoms with E-state index in [4.69, 9.17) is 15.0 Å². The molecule has 0 spiro atoms. The third-order valence-corrected chi connectivity index (χ3v) is 0. The van der Waals surface area contributed by atoms with Crippen molar-refractivity contribution in [2.75, 3.05) is 0 Å². The van der Waals surface area contributed by atoms with Crippen LogP contribution in [0.5, 0.6) is 0 Å². The summed E-state index contributed by atoms with van der Waals surface area (Å²) < 4.78 is 0. The zero-order chi connectivity index (χ0) is 3.58. The topological polar surface area (TPSA) is 63.2 Å². The fraction of sp³-hybridized carbons (Fsp3) is 0. The fourth-order valence-corrected chi connectivity index (χ4v) is 0. The number of carbonyl (C=O) groups excluding carboxylic acids is 1. The van der Waals surface area contributed by atoms with Crippen molar-refractivity contribution in [1.82, 2.24) is 0 Å². The van der Waals surface area contributed by atoms with Crippen molar-refractivity contribution in [3.05, 3.63) is 0 Å². The molecule has 0 aromatic heterocycles. The van der Waals surface area contributed by atoms with Gasteiger partial charge in [0.25, 0.3) is 0 Å². The molecule has 1 unspecified atom stereocenters. The molecule has 0 heterocycles. The molecule has 0 rings (SSSR count). The van der Waals surface area contributed by atoms with Crippen molar-refractivity contribution in [3.63, 3.8) is 0 Å². The van der Waals surface area contributed by atoms with Crippen LogP contribution in [0.3, 0.4) is 0 Å². The number of hydrogen-bond acceptors (Lipinski definition) is 3. The van der Waals surface area contributed by atoms with Crippen LogP contribution in [-0.2, 0) is 0 Å². The summed E-state index contributed by atoms with van der Waals surface area (Å²) in [6.45, 7) is 0. The van der Waals surface area contributed by atoms with Gasteiger partial charge in [0, 0.05) is 0 Å². The third-order valence-electron chi connectivity index (χ3n) is 0. The second-order valence-electron chi connectivity index (χ2n) is 0.250. The first-order valence-electron chi connectivity index (χ1n) is 0.612. The number of carboxylic acid groups (broad SMARTS) is 2. The molecule has 32 valence electrons. The molecule has 1 atom stereocenters.